The molecule has 0 saturated carbocycles. The van der Waals surface area contributed by atoms with Gasteiger partial charge >= 0.3 is 0 Å². The average Bonchev–Trinajstić information content (AvgIpc) is 2.99. The van der Waals surface area contributed by atoms with Crippen molar-refractivity contribution in [2.75, 3.05) is 39.3 Å². The Morgan fingerprint density at radius 3 is 2.76 bits per heavy atom. The summed E-state index contributed by atoms with van der Waals surface area (Å²) in [4.78, 5) is 18.4. The molecule has 4 N–H and O–H groups in total. The summed E-state index contributed by atoms with van der Waals surface area (Å²) in [6, 6.07) is 2.10. The third-order valence-electron chi connectivity index (χ3n) is 5.10. The Morgan fingerprint density at radius 2 is 2.10 bits per heavy atom. The van der Waals surface area contributed by atoms with Crippen molar-refractivity contribution in [3.63, 3.8) is 0 Å². The zero-order valence-electron chi connectivity index (χ0n) is 18.1. The molecule has 8 nitrogen and oxygen atoms in total. The van der Waals surface area contributed by atoms with Crippen molar-refractivity contribution >= 4 is 35.8 Å². The number of nitrogens with one attached hydrogen (secondary N) is 2. The quantitative estimate of drug-likeness (QED) is 0.189. The minimum absolute atomic E-state index is 0. The van der Waals surface area contributed by atoms with Gasteiger partial charge in [0.05, 0.1) is 11.6 Å². The number of aliphatic imine (C=N–C) groups is 1. The Morgan fingerprint density at radius 1 is 1.31 bits per heavy atom. The van der Waals surface area contributed by atoms with Crippen LogP contribution >= 0.6 is 24.0 Å². The van der Waals surface area contributed by atoms with Crippen LogP contribution in [0.3, 0.4) is 0 Å². The van der Waals surface area contributed by atoms with E-state index in [9.17, 15) is 4.79 Å². The maximum atomic E-state index is 11.4. The maximum Gasteiger partial charge on any atom is 0.221 e. The summed E-state index contributed by atoms with van der Waals surface area (Å²) in [5.41, 5.74) is 7.71. The Labute approximate surface area is 192 Å². The van der Waals surface area contributed by atoms with Crippen LogP contribution in [0.15, 0.2) is 11.1 Å². The lowest BCUT2D eigenvalue weighted by atomic mass is 9.97. The zero-order chi connectivity index (χ0) is 20.4. The first-order valence-corrected chi connectivity index (χ1v) is 10.5. The molecule has 1 unspecified atom stereocenters. The Balaban J connectivity index is 0.00000420. The minimum Gasteiger partial charge on any atom is -0.369 e. The number of rotatable bonds is 10. The molecule has 1 aliphatic heterocycles. The molecule has 1 aliphatic rings. The van der Waals surface area contributed by atoms with Crippen molar-refractivity contribution in [1.82, 2.24) is 25.3 Å². The van der Waals surface area contributed by atoms with Gasteiger partial charge in [-0.3, -0.25) is 14.5 Å². The highest BCUT2D eigenvalue weighted by Crippen LogP contribution is 2.15. The molecule has 1 saturated heterocycles. The van der Waals surface area contributed by atoms with E-state index < -0.39 is 0 Å². The number of halogens is 1. The fourth-order valence-corrected chi connectivity index (χ4v) is 3.65. The molecule has 0 aromatic carbocycles. The number of aryl methyl sites for hydroxylation is 3. The molecule has 9 heteroatoms. The predicted octanol–water partition coefficient (Wildman–Crippen LogP) is 1.65. The van der Waals surface area contributed by atoms with Crippen molar-refractivity contribution in [3.8, 4) is 0 Å². The van der Waals surface area contributed by atoms with E-state index in [1.165, 1.54) is 5.69 Å². The van der Waals surface area contributed by atoms with Crippen molar-refractivity contribution < 1.29 is 4.79 Å². The van der Waals surface area contributed by atoms with E-state index in [4.69, 9.17) is 5.73 Å². The van der Waals surface area contributed by atoms with Gasteiger partial charge in [-0.2, -0.15) is 5.10 Å². The fraction of sp³-hybridized carbons (Fsp3) is 0.750. The SMILES string of the molecule is CCNC(=NCCCn1nc(C)cc1C)NCCCN1CCCC(C(N)=O)C1.I. The highest BCUT2D eigenvalue weighted by molar-refractivity contribution is 14.0. The van der Waals surface area contributed by atoms with Gasteiger partial charge in [-0.05, 0) is 65.6 Å². The van der Waals surface area contributed by atoms with Crippen molar-refractivity contribution in [3.05, 3.63) is 17.5 Å². The van der Waals surface area contributed by atoms with E-state index in [0.717, 1.165) is 83.2 Å². The molecule has 1 aromatic rings. The second-order valence-corrected chi connectivity index (χ2v) is 7.59. The number of likely N-dealkylation sites (tertiary alicyclic amines) is 1. The van der Waals surface area contributed by atoms with Crippen molar-refractivity contribution in [2.24, 2.45) is 16.6 Å². The summed E-state index contributed by atoms with van der Waals surface area (Å²) in [7, 11) is 0. The predicted molar refractivity (Wildman–Crippen MR) is 129 cm³/mol. The summed E-state index contributed by atoms with van der Waals surface area (Å²) in [5, 5.41) is 11.2. The largest absolute Gasteiger partial charge is 0.369 e. The van der Waals surface area contributed by atoms with Crippen LogP contribution in [0.2, 0.25) is 0 Å². The number of guanidine groups is 1. The van der Waals surface area contributed by atoms with E-state index in [0.29, 0.717) is 0 Å². The van der Waals surface area contributed by atoms with Gasteiger partial charge in [-0.15, -0.1) is 24.0 Å². The van der Waals surface area contributed by atoms with Crippen LogP contribution in [0, 0.1) is 19.8 Å². The van der Waals surface area contributed by atoms with Gasteiger partial charge in [-0.25, -0.2) is 0 Å². The van der Waals surface area contributed by atoms with Crippen LogP contribution in [-0.2, 0) is 11.3 Å². The topological polar surface area (TPSA) is 101 Å². The summed E-state index contributed by atoms with van der Waals surface area (Å²) < 4.78 is 2.04. The standard InChI is InChI=1S/C20H37N7O.HI/c1-4-22-20(24-10-7-13-27-17(3)14-16(2)25-27)23-9-6-12-26-11-5-8-18(15-26)19(21)28;/h14,18H,4-13,15H2,1-3H3,(H2,21,28)(H2,22,23,24);1H. The first-order valence-electron chi connectivity index (χ1n) is 10.5. The molecule has 1 atom stereocenters. The molecule has 2 rings (SSSR count). The molecule has 166 valence electrons. The van der Waals surface area contributed by atoms with E-state index in [-0.39, 0.29) is 35.8 Å². The molecule has 2 heterocycles. The highest BCUT2D eigenvalue weighted by Gasteiger charge is 2.23. The van der Waals surface area contributed by atoms with Crippen LogP contribution in [-0.4, -0.2) is 65.8 Å². The Kier molecular flexibility index (Phi) is 12.2. The zero-order valence-corrected chi connectivity index (χ0v) is 20.4. The summed E-state index contributed by atoms with van der Waals surface area (Å²) in [6.45, 7) is 12.4. The Hall–Kier alpha value is -1.36. The molecular weight excluding hydrogens is 481 g/mol. The van der Waals surface area contributed by atoms with Crippen LogP contribution in [0.4, 0.5) is 0 Å². The van der Waals surface area contributed by atoms with Crippen molar-refractivity contribution in [2.45, 2.75) is 53.0 Å². The van der Waals surface area contributed by atoms with Crippen molar-refractivity contribution in [1.29, 1.82) is 0 Å². The van der Waals surface area contributed by atoms with Gasteiger partial charge in [-0.1, -0.05) is 0 Å². The molecule has 0 bridgehead atoms. The third-order valence-corrected chi connectivity index (χ3v) is 5.10. The van der Waals surface area contributed by atoms with E-state index in [2.05, 4.69) is 45.5 Å². The minimum atomic E-state index is -0.162. The second kappa shape index (κ2) is 13.8. The van der Waals surface area contributed by atoms with Gasteiger partial charge in [0.25, 0.3) is 0 Å². The van der Waals surface area contributed by atoms with Gasteiger partial charge in [0.2, 0.25) is 5.91 Å². The average molecular weight is 519 g/mol. The molecule has 0 radical (unpaired) electrons. The van der Waals surface area contributed by atoms with E-state index >= 15 is 0 Å². The number of primary amides is 1. The number of hydrogen-bond acceptors (Lipinski definition) is 4. The number of hydrogen-bond donors (Lipinski definition) is 3. The smallest absolute Gasteiger partial charge is 0.221 e. The van der Waals surface area contributed by atoms with Gasteiger partial charge in [0.1, 0.15) is 0 Å². The highest BCUT2D eigenvalue weighted by atomic mass is 127. The number of piperidine rings is 1. The molecule has 0 aliphatic carbocycles. The number of carbonyl (C=O) groups is 1. The Bertz CT molecular complexity index is 647. The second-order valence-electron chi connectivity index (χ2n) is 7.59. The summed E-state index contributed by atoms with van der Waals surface area (Å²) in [6.07, 6.45) is 3.96. The first-order chi connectivity index (χ1) is 13.5. The first kappa shape index (κ1) is 25.7. The molecule has 1 fully saturated rings. The number of amides is 1. The van der Waals surface area contributed by atoms with Crippen LogP contribution in [0.5, 0.6) is 0 Å². The monoisotopic (exact) mass is 519 g/mol. The molecular formula is C20H38IN7O. The van der Waals surface area contributed by atoms with Gasteiger partial charge in [0.15, 0.2) is 5.96 Å². The maximum absolute atomic E-state index is 11.4. The van der Waals surface area contributed by atoms with E-state index in [1.807, 2.05) is 11.6 Å². The summed E-state index contributed by atoms with van der Waals surface area (Å²) in [5.74, 6) is 0.720. The fourth-order valence-electron chi connectivity index (χ4n) is 3.65. The lowest BCUT2D eigenvalue weighted by Gasteiger charge is -2.31. The van der Waals surface area contributed by atoms with Gasteiger partial charge in [0, 0.05) is 38.4 Å². The number of aromatic nitrogens is 2. The molecule has 1 amide bonds. The molecule has 1 aromatic heterocycles. The number of nitrogens with zero attached hydrogens (tertiary/aromatic N) is 4. The van der Waals surface area contributed by atoms with E-state index in [1.54, 1.807) is 0 Å². The summed E-state index contributed by atoms with van der Waals surface area (Å²) >= 11 is 0. The lowest BCUT2D eigenvalue weighted by molar-refractivity contribution is -0.123. The molecule has 0 spiro atoms. The number of nitrogens with two attached hydrogens (primary N) is 1. The third kappa shape index (κ3) is 9.33. The molecule has 29 heavy (non-hydrogen) atoms. The van der Waals surface area contributed by atoms with Crippen LogP contribution in [0.1, 0.15) is 44.0 Å². The number of carbonyl (C=O) groups excluding carboxylic acids is 1. The lowest BCUT2D eigenvalue weighted by Crippen LogP contribution is -2.43. The van der Waals surface area contributed by atoms with Crippen LogP contribution < -0.4 is 16.4 Å². The normalized spacial score (nSPS) is 17.6. The van der Waals surface area contributed by atoms with Crippen LogP contribution in [0.25, 0.3) is 0 Å². The van der Waals surface area contributed by atoms with Gasteiger partial charge < -0.3 is 21.3 Å².